The second kappa shape index (κ2) is 6.59. The summed E-state index contributed by atoms with van der Waals surface area (Å²) in [5, 5.41) is 7.29. The number of hydrogen-bond acceptors (Lipinski definition) is 3. The molecular weight excluding hydrogens is 302 g/mol. The third-order valence-corrected chi connectivity index (χ3v) is 4.78. The van der Waals surface area contributed by atoms with Gasteiger partial charge in [-0.3, -0.25) is 9.59 Å². The monoisotopic (exact) mass is 325 g/mol. The molecule has 0 fully saturated rings. The van der Waals surface area contributed by atoms with Crippen LogP contribution in [0.1, 0.15) is 35.7 Å². The predicted octanol–water partition coefficient (Wildman–Crippen LogP) is 2.62. The molecule has 1 aliphatic rings. The minimum atomic E-state index is -0.234. The van der Waals surface area contributed by atoms with Crippen molar-refractivity contribution >= 4 is 11.6 Å². The Morgan fingerprint density at radius 1 is 1.38 bits per heavy atom. The Balaban J connectivity index is 1.77. The predicted molar refractivity (Wildman–Crippen MR) is 94.2 cm³/mol. The fourth-order valence-corrected chi connectivity index (χ4v) is 3.14. The molecule has 5 nitrogen and oxygen atoms in total. The molecule has 0 radical (unpaired) electrons. The summed E-state index contributed by atoms with van der Waals surface area (Å²) in [5.41, 5.74) is 4.70. The van der Waals surface area contributed by atoms with Crippen LogP contribution in [0.15, 0.2) is 29.1 Å². The lowest BCUT2D eigenvalue weighted by molar-refractivity contribution is -0.117. The quantitative estimate of drug-likeness (QED) is 0.943. The van der Waals surface area contributed by atoms with Crippen LogP contribution in [-0.2, 0) is 24.2 Å². The fourth-order valence-electron chi connectivity index (χ4n) is 3.14. The van der Waals surface area contributed by atoms with Crippen molar-refractivity contribution in [2.24, 2.45) is 5.92 Å². The Morgan fingerprint density at radius 2 is 2.17 bits per heavy atom. The molecule has 1 aromatic heterocycles. The number of aryl methyl sites for hydroxylation is 2. The minimum absolute atomic E-state index is 0.0605. The second-order valence-corrected chi connectivity index (χ2v) is 6.76. The Kier molecular flexibility index (Phi) is 4.51. The summed E-state index contributed by atoms with van der Waals surface area (Å²) >= 11 is 0. The number of aromatic nitrogens is 2. The molecular formula is C19H23N3O2. The molecule has 126 valence electrons. The number of amides is 1. The van der Waals surface area contributed by atoms with Crippen molar-refractivity contribution in [3.8, 4) is 0 Å². The molecule has 0 saturated carbocycles. The maximum absolute atomic E-state index is 12.3. The first-order chi connectivity index (χ1) is 11.4. The average molecular weight is 325 g/mol. The lowest BCUT2D eigenvalue weighted by atomic mass is 9.88. The van der Waals surface area contributed by atoms with Gasteiger partial charge in [-0.25, -0.2) is 4.68 Å². The van der Waals surface area contributed by atoms with E-state index in [1.165, 1.54) is 4.68 Å². The molecule has 24 heavy (non-hydrogen) atoms. The van der Waals surface area contributed by atoms with Crippen molar-refractivity contribution in [1.29, 1.82) is 0 Å². The van der Waals surface area contributed by atoms with Gasteiger partial charge in [0.15, 0.2) is 0 Å². The standard InChI is InChI=1S/C19H23N3O2/c1-12-7-8-17-15(9-12)10-19(24)22(21-17)11-18(23)20-16-6-4-5-13(2)14(16)3/h4-6,10,12H,7-9,11H2,1-3H3,(H,20,23)/t12-/m0/s1. The molecule has 0 bridgehead atoms. The van der Waals surface area contributed by atoms with E-state index in [0.29, 0.717) is 5.92 Å². The highest BCUT2D eigenvalue weighted by atomic mass is 16.2. The molecule has 1 heterocycles. The Morgan fingerprint density at radius 3 is 2.96 bits per heavy atom. The van der Waals surface area contributed by atoms with E-state index in [1.807, 2.05) is 32.0 Å². The van der Waals surface area contributed by atoms with Crippen molar-refractivity contribution < 1.29 is 4.79 Å². The number of carbonyl (C=O) groups is 1. The highest BCUT2D eigenvalue weighted by molar-refractivity contribution is 5.91. The van der Waals surface area contributed by atoms with Gasteiger partial charge in [-0.05, 0) is 61.8 Å². The number of carbonyl (C=O) groups excluding carboxylic acids is 1. The van der Waals surface area contributed by atoms with E-state index in [0.717, 1.165) is 47.3 Å². The van der Waals surface area contributed by atoms with Crippen molar-refractivity contribution in [1.82, 2.24) is 9.78 Å². The van der Waals surface area contributed by atoms with Gasteiger partial charge in [0.1, 0.15) is 6.54 Å². The van der Waals surface area contributed by atoms with Crippen molar-refractivity contribution in [3.63, 3.8) is 0 Å². The highest BCUT2D eigenvalue weighted by Crippen LogP contribution is 2.22. The van der Waals surface area contributed by atoms with Gasteiger partial charge in [0.25, 0.3) is 5.56 Å². The Labute approximate surface area is 141 Å². The lowest BCUT2D eigenvalue weighted by Gasteiger charge is -2.20. The van der Waals surface area contributed by atoms with Gasteiger partial charge >= 0.3 is 0 Å². The Hall–Kier alpha value is -2.43. The topological polar surface area (TPSA) is 64.0 Å². The fraction of sp³-hybridized carbons (Fsp3) is 0.421. The summed E-state index contributed by atoms with van der Waals surface area (Å²) in [7, 11) is 0. The molecule has 0 spiro atoms. The van der Waals surface area contributed by atoms with Gasteiger partial charge in [-0.2, -0.15) is 5.10 Å². The number of hydrogen-bond donors (Lipinski definition) is 1. The molecule has 1 amide bonds. The smallest absolute Gasteiger partial charge is 0.267 e. The highest BCUT2D eigenvalue weighted by Gasteiger charge is 2.19. The average Bonchev–Trinajstić information content (AvgIpc) is 2.53. The lowest BCUT2D eigenvalue weighted by Crippen LogP contribution is -2.32. The summed E-state index contributed by atoms with van der Waals surface area (Å²) in [6.45, 7) is 6.10. The summed E-state index contributed by atoms with van der Waals surface area (Å²) < 4.78 is 1.27. The van der Waals surface area contributed by atoms with Gasteiger partial charge in [0.2, 0.25) is 5.91 Å². The van der Waals surface area contributed by atoms with Crippen LogP contribution in [-0.4, -0.2) is 15.7 Å². The first kappa shape index (κ1) is 16.4. The minimum Gasteiger partial charge on any atom is -0.324 e. The van der Waals surface area contributed by atoms with E-state index in [-0.39, 0.29) is 18.0 Å². The first-order valence-electron chi connectivity index (χ1n) is 8.40. The zero-order valence-electron chi connectivity index (χ0n) is 14.4. The number of rotatable bonds is 3. The summed E-state index contributed by atoms with van der Waals surface area (Å²) in [6.07, 6.45) is 2.84. The van der Waals surface area contributed by atoms with Crippen LogP contribution in [0.2, 0.25) is 0 Å². The molecule has 1 aliphatic carbocycles. The van der Waals surface area contributed by atoms with Crippen LogP contribution < -0.4 is 10.9 Å². The number of fused-ring (bicyclic) bond motifs is 1. The number of nitrogens with one attached hydrogen (secondary N) is 1. The molecule has 2 aromatic rings. The van der Waals surface area contributed by atoms with E-state index in [2.05, 4.69) is 17.3 Å². The molecule has 1 aromatic carbocycles. The van der Waals surface area contributed by atoms with Crippen LogP contribution >= 0.6 is 0 Å². The largest absolute Gasteiger partial charge is 0.324 e. The van der Waals surface area contributed by atoms with Gasteiger partial charge in [0, 0.05) is 11.8 Å². The van der Waals surface area contributed by atoms with Gasteiger partial charge < -0.3 is 5.32 Å². The first-order valence-corrected chi connectivity index (χ1v) is 8.40. The molecule has 1 N–H and O–H groups in total. The van der Waals surface area contributed by atoms with E-state index >= 15 is 0 Å². The zero-order valence-corrected chi connectivity index (χ0v) is 14.4. The third-order valence-electron chi connectivity index (χ3n) is 4.78. The second-order valence-electron chi connectivity index (χ2n) is 6.76. The van der Waals surface area contributed by atoms with E-state index in [1.54, 1.807) is 6.07 Å². The zero-order chi connectivity index (χ0) is 17.3. The molecule has 1 atom stereocenters. The van der Waals surface area contributed by atoms with E-state index < -0.39 is 0 Å². The maximum Gasteiger partial charge on any atom is 0.267 e. The van der Waals surface area contributed by atoms with Crippen LogP contribution in [0, 0.1) is 19.8 Å². The van der Waals surface area contributed by atoms with Crippen molar-refractivity contribution in [2.75, 3.05) is 5.32 Å². The third kappa shape index (κ3) is 3.40. The van der Waals surface area contributed by atoms with E-state index in [4.69, 9.17) is 0 Å². The molecule has 5 heteroatoms. The number of anilines is 1. The van der Waals surface area contributed by atoms with Crippen LogP contribution in [0.3, 0.4) is 0 Å². The SMILES string of the molecule is Cc1cccc(NC(=O)Cn2nc3c(cc2=O)C[C@@H](C)CC3)c1C. The summed E-state index contributed by atoms with van der Waals surface area (Å²) in [4.78, 5) is 24.5. The number of benzene rings is 1. The van der Waals surface area contributed by atoms with Crippen LogP contribution in [0.4, 0.5) is 5.69 Å². The maximum atomic E-state index is 12.3. The summed E-state index contributed by atoms with van der Waals surface area (Å²) in [6, 6.07) is 7.41. The molecule has 0 unspecified atom stereocenters. The number of nitrogens with zero attached hydrogens (tertiary/aromatic N) is 2. The Bertz CT molecular complexity index is 839. The van der Waals surface area contributed by atoms with E-state index in [9.17, 15) is 9.59 Å². The van der Waals surface area contributed by atoms with Gasteiger partial charge in [-0.15, -0.1) is 0 Å². The van der Waals surface area contributed by atoms with Gasteiger partial charge in [-0.1, -0.05) is 19.1 Å². The molecule has 3 rings (SSSR count). The summed E-state index contributed by atoms with van der Waals surface area (Å²) in [5.74, 6) is 0.351. The van der Waals surface area contributed by atoms with Crippen LogP contribution in [0.25, 0.3) is 0 Å². The normalized spacial score (nSPS) is 16.5. The van der Waals surface area contributed by atoms with Crippen molar-refractivity contribution in [3.05, 3.63) is 57.0 Å². The van der Waals surface area contributed by atoms with Crippen LogP contribution in [0.5, 0.6) is 0 Å². The molecule has 0 aliphatic heterocycles. The molecule has 0 saturated heterocycles. The van der Waals surface area contributed by atoms with Crippen molar-refractivity contribution in [2.45, 2.75) is 46.6 Å². The van der Waals surface area contributed by atoms with Gasteiger partial charge in [0.05, 0.1) is 5.69 Å².